The first-order valence-corrected chi connectivity index (χ1v) is 8.67. The molecule has 0 saturated heterocycles. The summed E-state index contributed by atoms with van der Waals surface area (Å²) in [4.78, 5) is 3.05. The first-order chi connectivity index (χ1) is 13.0. The topological polar surface area (TPSA) is 82.4 Å². The molecule has 0 spiro atoms. The third kappa shape index (κ3) is 3.63. The molecule has 0 bridgehead atoms. The molecule has 2 aromatic carbocycles. The summed E-state index contributed by atoms with van der Waals surface area (Å²) in [6.07, 6.45) is 0. The molecule has 7 heteroatoms. The Hall–Kier alpha value is -2.94. The van der Waals surface area contributed by atoms with Crippen molar-refractivity contribution in [3.8, 4) is 40.0 Å². The molecule has 3 rings (SSSR count). The van der Waals surface area contributed by atoms with E-state index in [9.17, 15) is 5.26 Å². The Morgan fingerprint density at radius 1 is 0.926 bits per heavy atom. The summed E-state index contributed by atoms with van der Waals surface area (Å²) in [5.41, 5.74) is 9.38. The lowest BCUT2D eigenvalue weighted by molar-refractivity contribution is -0.346. The Bertz CT molecular complexity index is 1060. The SMILES string of the molecule is COc1ccc(-c2cc(-c3ccc(Cl)c(Cl)c3)[nH+]c(N)c2C#N)cc1OC. The molecular weight excluding hydrogens is 385 g/mol. The second kappa shape index (κ2) is 7.75. The number of hydrogen-bond acceptors (Lipinski definition) is 4. The highest BCUT2D eigenvalue weighted by Crippen LogP contribution is 2.36. The molecule has 0 aliphatic carbocycles. The fourth-order valence-corrected chi connectivity index (χ4v) is 3.07. The number of nitrogen functional groups attached to an aromatic ring is 1. The minimum absolute atomic E-state index is 0.255. The van der Waals surface area contributed by atoms with Gasteiger partial charge in [0.2, 0.25) is 0 Å². The zero-order chi connectivity index (χ0) is 19.6. The number of halogens is 2. The molecule has 3 aromatic rings. The molecule has 0 amide bonds. The molecule has 0 fully saturated rings. The van der Waals surface area contributed by atoms with Gasteiger partial charge in [-0.1, -0.05) is 29.3 Å². The van der Waals surface area contributed by atoms with Crippen LogP contribution in [0.4, 0.5) is 5.82 Å². The fraction of sp³-hybridized carbons (Fsp3) is 0.100. The van der Waals surface area contributed by atoms with Crippen molar-refractivity contribution in [1.82, 2.24) is 0 Å². The quantitative estimate of drug-likeness (QED) is 0.692. The second-order valence-corrected chi connectivity index (χ2v) is 6.51. The van der Waals surface area contributed by atoms with Gasteiger partial charge in [0.15, 0.2) is 11.5 Å². The Kier molecular flexibility index (Phi) is 5.41. The molecule has 0 aliphatic heterocycles. The summed E-state index contributed by atoms with van der Waals surface area (Å²) in [5.74, 6) is 1.41. The summed E-state index contributed by atoms with van der Waals surface area (Å²) >= 11 is 12.1. The van der Waals surface area contributed by atoms with Gasteiger partial charge in [-0.3, -0.25) is 5.73 Å². The molecule has 0 aliphatic rings. The van der Waals surface area contributed by atoms with E-state index >= 15 is 0 Å². The number of nitrogens with zero attached hydrogens (tertiary/aromatic N) is 1. The van der Waals surface area contributed by atoms with E-state index in [-0.39, 0.29) is 5.82 Å². The number of pyridine rings is 1. The number of anilines is 1. The zero-order valence-corrected chi connectivity index (χ0v) is 16.2. The van der Waals surface area contributed by atoms with Crippen molar-refractivity contribution in [2.75, 3.05) is 20.0 Å². The van der Waals surface area contributed by atoms with E-state index in [1.165, 1.54) is 0 Å². The summed E-state index contributed by atoms with van der Waals surface area (Å²) < 4.78 is 10.6. The summed E-state index contributed by atoms with van der Waals surface area (Å²) in [5, 5.41) is 10.5. The molecule has 1 heterocycles. The van der Waals surface area contributed by atoms with Crippen LogP contribution in [0.25, 0.3) is 22.4 Å². The van der Waals surface area contributed by atoms with Crippen LogP contribution >= 0.6 is 23.2 Å². The summed E-state index contributed by atoms with van der Waals surface area (Å²) in [6.45, 7) is 0. The molecule has 5 nitrogen and oxygen atoms in total. The molecule has 0 saturated carbocycles. The minimum atomic E-state index is 0.255. The predicted molar refractivity (Wildman–Crippen MR) is 106 cm³/mol. The van der Waals surface area contributed by atoms with Crippen LogP contribution < -0.4 is 20.2 Å². The van der Waals surface area contributed by atoms with Crippen LogP contribution in [0.5, 0.6) is 11.5 Å². The van der Waals surface area contributed by atoms with Gasteiger partial charge in [-0.15, -0.1) is 0 Å². The van der Waals surface area contributed by atoms with E-state index in [0.717, 1.165) is 11.1 Å². The number of ether oxygens (including phenoxy) is 2. The smallest absolute Gasteiger partial charge is 0.289 e. The summed E-state index contributed by atoms with van der Waals surface area (Å²) in [6, 6.07) is 14.7. The van der Waals surface area contributed by atoms with Gasteiger partial charge in [0.05, 0.1) is 24.3 Å². The van der Waals surface area contributed by atoms with E-state index in [1.807, 2.05) is 18.2 Å². The summed E-state index contributed by atoms with van der Waals surface area (Å²) in [7, 11) is 3.12. The molecule has 0 radical (unpaired) electrons. The molecule has 0 atom stereocenters. The van der Waals surface area contributed by atoms with Gasteiger partial charge in [-0.05, 0) is 42.0 Å². The highest BCUT2D eigenvalue weighted by molar-refractivity contribution is 6.42. The maximum absolute atomic E-state index is 9.59. The Balaban J connectivity index is 2.22. The lowest BCUT2D eigenvalue weighted by atomic mass is 9.98. The van der Waals surface area contributed by atoms with Crippen molar-refractivity contribution in [1.29, 1.82) is 5.26 Å². The maximum Gasteiger partial charge on any atom is 0.289 e. The normalized spacial score (nSPS) is 10.3. The maximum atomic E-state index is 9.59. The van der Waals surface area contributed by atoms with E-state index in [0.29, 0.717) is 38.4 Å². The van der Waals surface area contributed by atoms with Gasteiger partial charge < -0.3 is 9.47 Å². The molecule has 136 valence electrons. The van der Waals surface area contributed by atoms with Crippen LogP contribution in [0.15, 0.2) is 42.5 Å². The van der Waals surface area contributed by atoms with Crippen LogP contribution in [0.2, 0.25) is 10.0 Å². The second-order valence-electron chi connectivity index (χ2n) is 5.70. The number of methoxy groups -OCH3 is 2. The number of benzene rings is 2. The third-order valence-electron chi connectivity index (χ3n) is 4.13. The minimum Gasteiger partial charge on any atom is -0.493 e. The van der Waals surface area contributed by atoms with Crippen LogP contribution in [0.1, 0.15) is 5.56 Å². The Labute approximate surface area is 166 Å². The highest BCUT2D eigenvalue weighted by Gasteiger charge is 2.19. The van der Waals surface area contributed by atoms with Crippen LogP contribution in [0, 0.1) is 11.3 Å². The number of aromatic amines is 1. The highest BCUT2D eigenvalue weighted by atomic mass is 35.5. The Morgan fingerprint density at radius 3 is 2.26 bits per heavy atom. The van der Waals surface area contributed by atoms with Crippen LogP contribution in [-0.4, -0.2) is 14.2 Å². The standard InChI is InChI=1S/C20H15Cl2N3O2/c1-26-18-6-4-11(8-19(18)27-2)13-9-17(25-20(24)14(13)10-23)12-3-5-15(21)16(22)7-12/h3-9H,1-2H3,(H2,24,25)/p+1. The molecule has 1 aromatic heterocycles. The van der Waals surface area contributed by atoms with Crippen LogP contribution in [0.3, 0.4) is 0 Å². The lowest BCUT2D eigenvalue weighted by Gasteiger charge is -2.11. The van der Waals surface area contributed by atoms with Gasteiger partial charge in [0, 0.05) is 11.1 Å². The monoisotopic (exact) mass is 400 g/mol. The van der Waals surface area contributed by atoms with E-state index in [1.54, 1.807) is 38.5 Å². The van der Waals surface area contributed by atoms with E-state index in [2.05, 4.69) is 11.1 Å². The van der Waals surface area contributed by atoms with Crippen molar-refractivity contribution >= 4 is 29.0 Å². The van der Waals surface area contributed by atoms with Crippen molar-refractivity contribution in [2.24, 2.45) is 0 Å². The first kappa shape index (κ1) is 18.8. The van der Waals surface area contributed by atoms with Crippen molar-refractivity contribution in [3.63, 3.8) is 0 Å². The lowest BCUT2D eigenvalue weighted by Crippen LogP contribution is -2.16. The van der Waals surface area contributed by atoms with E-state index < -0.39 is 0 Å². The predicted octanol–water partition coefficient (Wildman–Crippen LogP) is 4.61. The molecule has 27 heavy (non-hydrogen) atoms. The number of nitriles is 1. The molecular formula is C20H16Cl2N3O2+. The number of hydrogen-bond donors (Lipinski definition) is 1. The van der Waals surface area contributed by atoms with Gasteiger partial charge in [0.1, 0.15) is 17.3 Å². The molecule has 3 N–H and O–H groups in total. The average Bonchev–Trinajstić information content (AvgIpc) is 2.68. The van der Waals surface area contributed by atoms with E-state index in [4.69, 9.17) is 38.4 Å². The first-order valence-electron chi connectivity index (χ1n) is 7.92. The van der Waals surface area contributed by atoms with Gasteiger partial charge >= 0.3 is 0 Å². The number of rotatable bonds is 4. The average molecular weight is 401 g/mol. The van der Waals surface area contributed by atoms with Crippen molar-refractivity contribution in [3.05, 3.63) is 58.1 Å². The zero-order valence-electron chi connectivity index (χ0n) is 14.6. The fourth-order valence-electron chi connectivity index (χ4n) is 2.78. The third-order valence-corrected chi connectivity index (χ3v) is 4.87. The number of nitrogens with one attached hydrogen (secondary N) is 1. The van der Waals surface area contributed by atoms with Gasteiger partial charge in [0.25, 0.3) is 5.82 Å². The number of nitrogens with two attached hydrogens (primary N) is 1. The van der Waals surface area contributed by atoms with Crippen LogP contribution in [-0.2, 0) is 0 Å². The largest absolute Gasteiger partial charge is 0.493 e. The van der Waals surface area contributed by atoms with Gasteiger partial charge in [-0.25, -0.2) is 4.98 Å². The number of H-pyrrole nitrogens is 1. The molecule has 0 unspecified atom stereocenters. The van der Waals surface area contributed by atoms with Gasteiger partial charge in [-0.2, -0.15) is 5.26 Å². The van der Waals surface area contributed by atoms with Crippen molar-refractivity contribution in [2.45, 2.75) is 0 Å². The van der Waals surface area contributed by atoms with Crippen molar-refractivity contribution < 1.29 is 14.5 Å². The Morgan fingerprint density at radius 2 is 1.63 bits per heavy atom. The number of aromatic nitrogens is 1.